The number of rotatable bonds is 1. The lowest BCUT2D eigenvalue weighted by Crippen LogP contribution is -2.08. The molecule has 1 atom stereocenters. The molecule has 0 bridgehead atoms. The van der Waals surface area contributed by atoms with Crippen molar-refractivity contribution >= 4 is 17.1 Å². The maximum absolute atomic E-state index is 10.8. The summed E-state index contributed by atoms with van der Waals surface area (Å²) in [5.74, 6) is 0. The molecule has 0 N–H and O–H groups in total. The van der Waals surface area contributed by atoms with Gasteiger partial charge in [-0.25, -0.2) is 4.79 Å². The van der Waals surface area contributed by atoms with Gasteiger partial charge in [-0.3, -0.25) is 0 Å². The van der Waals surface area contributed by atoms with E-state index >= 15 is 0 Å². The summed E-state index contributed by atoms with van der Waals surface area (Å²) in [7, 11) is 0. The minimum absolute atomic E-state index is 0.275. The Bertz CT molecular complexity index is 517. The topological polar surface area (TPSA) is 40.5 Å². The zero-order chi connectivity index (χ0) is 10.3. The smallest absolute Gasteiger partial charge is 0.428 e. The Labute approximate surface area is 86.0 Å². The van der Waals surface area contributed by atoms with Crippen LogP contribution in [-0.2, 0) is 9.47 Å². The highest BCUT2D eigenvalue weighted by molar-refractivity contribution is 5.80. The van der Waals surface area contributed by atoms with Crippen LogP contribution in [0.4, 0.5) is 4.79 Å². The molecular weight excluding hydrogens is 194 g/mol. The van der Waals surface area contributed by atoms with Crippen molar-refractivity contribution in [3.05, 3.63) is 36.5 Å². The lowest BCUT2D eigenvalue weighted by atomic mass is 10.2. The molecule has 1 unspecified atom stereocenters. The third kappa shape index (κ3) is 1.26. The van der Waals surface area contributed by atoms with Crippen molar-refractivity contribution in [2.75, 3.05) is 6.61 Å². The van der Waals surface area contributed by atoms with E-state index in [1.165, 1.54) is 0 Å². The van der Waals surface area contributed by atoms with Gasteiger partial charge < -0.3 is 14.0 Å². The molecule has 0 radical (unpaired) electrons. The Morgan fingerprint density at radius 3 is 2.93 bits per heavy atom. The highest BCUT2D eigenvalue weighted by atomic mass is 16.8. The number of hydrogen-bond acceptors (Lipinski definition) is 3. The molecule has 1 aliphatic rings. The van der Waals surface area contributed by atoms with Gasteiger partial charge in [0.15, 0.2) is 6.61 Å². The van der Waals surface area contributed by atoms with E-state index in [2.05, 4.69) is 0 Å². The second-order valence-corrected chi connectivity index (χ2v) is 3.42. The molecule has 2 heterocycles. The minimum atomic E-state index is -0.599. The van der Waals surface area contributed by atoms with Gasteiger partial charge in [0.05, 0.1) is 5.52 Å². The van der Waals surface area contributed by atoms with E-state index in [9.17, 15) is 4.79 Å². The molecule has 1 aromatic heterocycles. The Morgan fingerprint density at radius 2 is 2.13 bits per heavy atom. The van der Waals surface area contributed by atoms with Gasteiger partial charge in [0.1, 0.15) is 0 Å². The summed E-state index contributed by atoms with van der Waals surface area (Å²) in [4.78, 5) is 10.8. The molecule has 76 valence electrons. The monoisotopic (exact) mass is 203 g/mol. The molecule has 1 aromatic carbocycles. The molecule has 1 saturated heterocycles. The third-order valence-electron chi connectivity index (χ3n) is 2.52. The largest absolute Gasteiger partial charge is 0.510 e. The van der Waals surface area contributed by atoms with E-state index in [4.69, 9.17) is 9.47 Å². The molecule has 1 fully saturated rings. The predicted molar refractivity (Wildman–Crippen MR) is 53.4 cm³/mol. The molecule has 4 heteroatoms. The van der Waals surface area contributed by atoms with E-state index < -0.39 is 6.16 Å². The number of nitrogens with zero attached hydrogens (tertiary/aromatic N) is 1. The Balaban J connectivity index is 2.07. The number of hydrogen-bond donors (Lipinski definition) is 0. The quantitative estimate of drug-likeness (QED) is 0.668. The summed E-state index contributed by atoms with van der Waals surface area (Å²) < 4.78 is 11.7. The first-order valence-corrected chi connectivity index (χ1v) is 4.73. The summed E-state index contributed by atoms with van der Waals surface area (Å²) in [6.45, 7) is 0.275. The molecule has 1 aliphatic heterocycles. The van der Waals surface area contributed by atoms with E-state index in [0.717, 1.165) is 10.9 Å². The van der Waals surface area contributed by atoms with Crippen molar-refractivity contribution < 1.29 is 14.3 Å². The zero-order valence-corrected chi connectivity index (χ0v) is 7.92. The molecule has 0 aliphatic carbocycles. The normalized spacial score (nSPS) is 20.3. The molecule has 4 nitrogen and oxygen atoms in total. The van der Waals surface area contributed by atoms with E-state index in [-0.39, 0.29) is 12.8 Å². The number of fused-ring (bicyclic) bond motifs is 1. The van der Waals surface area contributed by atoms with Gasteiger partial charge in [0.2, 0.25) is 6.23 Å². The summed E-state index contributed by atoms with van der Waals surface area (Å²) >= 11 is 0. The maximum Gasteiger partial charge on any atom is 0.510 e. The molecule has 0 amide bonds. The SMILES string of the molecule is O=C1OCC(n2ccc3ccccc32)O1. The van der Waals surface area contributed by atoms with Crippen LogP contribution in [0.25, 0.3) is 10.9 Å². The maximum atomic E-state index is 10.8. The van der Waals surface area contributed by atoms with Gasteiger partial charge in [-0.15, -0.1) is 0 Å². The van der Waals surface area contributed by atoms with E-state index in [1.54, 1.807) is 0 Å². The highest BCUT2D eigenvalue weighted by Gasteiger charge is 2.26. The van der Waals surface area contributed by atoms with Gasteiger partial charge in [-0.05, 0) is 17.5 Å². The fourth-order valence-corrected chi connectivity index (χ4v) is 1.81. The second-order valence-electron chi connectivity index (χ2n) is 3.42. The van der Waals surface area contributed by atoms with Crippen molar-refractivity contribution in [1.29, 1.82) is 0 Å². The van der Waals surface area contributed by atoms with Crippen LogP contribution in [0.2, 0.25) is 0 Å². The van der Waals surface area contributed by atoms with Crippen LogP contribution >= 0.6 is 0 Å². The molecular formula is C11H9NO3. The van der Waals surface area contributed by atoms with E-state index in [1.807, 2.05) is 41.1 Å². The Kier molecular flexibility index (Phi) is 1.68. The number of cyclic esters (lactones) is 2. The number of carbonyl (C=O) groups is 1. The Hall–Kier alpha value is -1.97. The fraction of sp³-hybridized carbons (Fsp3) is 0.182. The summed E-state index contributed by atoms with van der Waals surface area (Å²) in [5, 5.41) is 1.13. The summed E-state index contributed by atoms with van der Waals surface area (Å²) in [6, 6.07) is 9.92. The van der Waals surface area contributed by atoms with Crippen LogP contribution in [0.3, 0.4) is 0 Å². The van der Waals surface area contributed by atoms with Gasteiger partial charge in [-0.2, -0.15) is 0 Å². The van der Waals surface area contributed by atoms with Crippen LogP contribution in [0.15, 0.2) is 36.5 Å². The number of benzene rings is 1. The van der Waals surface area contributed by atoms with Crippen molar-refractivity contribution in [1.82, 2.24) is 4.57 Å². The van der Waals surface area contributed by atoms with Crippen molar-refractivity contribution in [2.24, 2.45) is 0 Å². The highest BCUT2D eigenvalue weighted by Crippen LogP contribution is 2.24. The second kappa shape index (κ2) is 3.02. The molecule has 3 rings (SSSR count). The van der Waals surface area contributed by atoms with Gasteiger partial charge in [0.25, 0.3) is 0 Å². The average Bonchev–Trinajstić information content (AvgIpc) is 2.83. The van der Waals surface area contributed by atoms with E-state index in [0.29, 0.717) is 0 Å². The van der Waals surface area contributed by atoms with Crippen LogP contribution in [0.1, 0.15) is 6.23 Å². The van der Waals surface area contributed by atoms with Crippen LogP contribution in [0.5, 0.6) is 0 Å². The van der Waals surface area contributed by atoms with Gasteiger partial charge >= 0.3 is 6.16 Å². The summed E-state index contributed by atoms with van der Waals surface area (Å²) in [5.41, 5.74) is 1.04. The lowest BCUT2D eigenvalue weighted by Gasteiger charge is -2.09. The Morgan fingerprint density at radius 1 is 1.27 bits per heavy atom. The van der Waals surface area contributed by atoms with Crippen molar-refractivity contribution in [3.8, 4) is 0 Å². The summed E-state index contributed by atoms with van der Waals surface area (Å²) in [6.07, 6.45) is 0.965. The van der Waals surface area contributed by atoms with Crippen molar-refractivity contribution in [2.45, 2.75) is 6.23 Å². The number of para-hydroxylation sites is 1. The van der Waals surface area contributed by atoms with Crippen molar-refractivity contribution in [3.63, 3.8) is 0 Å². The van der Waals surface area contributed by atoms with Gasteiger partial charge in [0, 0.05) is 6.20 Å². The first-order valence-electron chi connectivity index (χ1n) is 4.73. The minimum Gasteiger partial charge on any atom is -0.428 e. The van der Waals surface area contributed by atoms with Crippen LogP contribution in [0, 0.1) is 0 Å². The zero-order valence-electron chi connectivity index (χ0n) is 7.92. The first kappa shape index (κ1) is 8.35. The van der Waals surface area contributed by atoms with Crippen LogP contribution < -0.4 is 0 Å². The van der Waals surface area contributed by atoms with Gasteiger partial charge in [-0.1, -0.05) is 18.2 Å². The number of aromatic nitrogens is 1. The predicted octanol–water partition coefficient (Wildman–Crippen LogP) is 2.31. The molecule has 2 aromatic rings. The standard InChI is InChI=1S/C11H9NO3/c13-11-14-7-10(15-11)12-6-5-8-3-1-2-4-9(8)12/h1-6,10H,7H2. The fourth-order valence-electron chi connectivity index (χ4n) is 1.81. The number of ether oxygens (including phenoxy) is 2. The third-order valence-corrected chi connectivity index (χ3v) is 2.52. The first-order chi connectivity index (χ1) is 7.34. The average molecular weight is 203 g/mol. The number of carbonyl (C=O) groups excluding carboxylic acids is 1. The molecule has 0 spiro atoms. The lowest BCUT2D eigenvalue weighted by molar-refractivity contribution is 0.0979. The van der Waals surface area contributed by atoms with Crippen LogP contribution in [-0.4, -0.2) is 17.3 Å². The molecule has 0 saturated carbocycles. The molecule has 15 heavy (non-hydrogen) atoms.